The molecule has 1 heterocycles. The van der Waals surface area contributed by atoms with Crippen LogP contribution in [-0.2, 0) is 16.6 Å². The molecule has 6 nitrogen and oxygen atoms in total. The molecule has 2 bridgehead atoms. The van der Waals surface area contributed by atoms with E-state index in [1.54, 1.807) is 16.7 Å². The Bertz CT molecular complexity index is 1170. The maximum Gasteiger partial charge on any atom is 0.253 e. The second-order valence-corrected chi connectivity index (χ2v) is 12.4. The van der Waals surface area contributed by atoms with Gasteiger partial charge in [0.2, 0.25) is 10.0 Å². The topological polar surface area (TPSA) is 80.2 Å². The fourth-order valence-electron chi connectivity index (χ4n) is 6.42. The third kappa shape index (κ3) is 3.85. The van der Waals surface area contributed by atoms with Gasteiger partial charge < -0.3 is 9.88 Å². The molecule has 2 fully saturated rings. The number of hydrogen-bond acceptors (Lipinski definition) is 3. The smallest absolute Gasteiger partial charge is 0.253 e. The Hall–Kier alpha value is -1.93. The average molecular weight is 464 g/mol. The monoisotopic (exact) mass is 463 g/mol. The van der Waals surface area contributed by atoms with Gasteiger partial charge in [-0.1, -0.05) is 32.9 Å². The summed E-state index contributed by atoms with van der Waals surface area (Å²) in [6.07, 6.45) is 5.06. The standard InChI is InChI=1S/C24H34FN3O3S/c1-15-19(21(29)27-22-23(2,3)16-10-11-24(22,4)14-16)17-8-6-9-18(25)20(17)28(15)13-7-12-26-32(5,30)31/h6,8-9,16,22,26H,7,10-14H2,1-5H3,(H,27,29). The molecule has 1 amide bonds. The van der Waals surface area contributed by atoms with Crippen LogP contribution >= 0.6 is 0 Å². The fraction of sp³-hybridized carbons (Fsp3) is 0.625. The first-order valence-corrected chi connectivity index (χ1v) is 13.3. The lowest BCUT2D eigenvalue weighted by Gasteiger charge is -2.43. The van der Waals surface area contributed by atoms with E-state index < -0.39 is 10.0 Å². The summed E-state index contributed by atoms with van der Waals surface area (Å²) in [4.78, 5) is 13.6. The molecular weight excluding hydrogens is 429 g/mol. The van der Waals surface area contributed by atoms with Crippen molar-refractivity contribution in [2.75, 3.05) is 12.8 Å². The number of aryl methyl sites for hydroxylation is 1. The Morgan fingerprint density at radius 3 is 2.62 bits per heavy atom. The number of nitrogens with zero attached hydrogens (tertiary/aromatic N) is 1. The van der Waals surface area contributed by atoms with Gasteiger partial charge in [-0.2, -0.15) is 0 Å². The number of halogens is 1. The first-order chi connectivity index (χ1) is 14.8. The van der Waals surface area contributed by atoms with Crippen molar-refractivity contribution in [1.29, 1.82) is 0 Å². The Morgan fingerprint density at radius 2 is 2.00 bits per heavy atom. The van der Waals surface area contributed by atoms with E-state index in [0.29, 0.717) is 41.0 Å². The van der Waals surface area contributed by atoms with Crippen LogP contribution in [0.5, 0.6) is 0 Å². The van der Waals surface area contributed by atoms with Gasteiger partial charge in [0.25, 0.3) is 5.91 Å². The zero-order valence-corrected chi connectivity index (χ0v) is 20.4. The third-order valence-electron chi connectivity index (χ3n) is 7.99. The second kappa shape index (κ2) is 7.83. The maximum atomic E-state index is 14.8. The van der Waals surface area contributed by atoms with Gasteiger partial charge in [0.1, 0.15) is 5.82 Å². The van der Waals surface area contributed by atoms with Crippen LogP contribution in [0.25, 0.3) is 10.9 Å². The van der Waals surface area contributed by atoms with E-state index in [1.807, 2.05) is 6.92 Å². The highest BCUT2D eigenvalue weighted by Crippen LogP contribution is 2.62. The molecule has 176 valence electrons. The first kappa shape index (κ1) is 23.2. The summed E-state index contributed by atoms with van der Waals surface area (Å²) in [5.74, 6) is 0.0749. The molecule has 3 atom stereocenters. The summed E-state index contributed by atoms with van der Waals surface area (Å²) in [6, 6.07) is 4.90. The number of nitrogens with one attached hydrogen (secondary N) is 2. The van der Waals surface area contributed by atoms with E-state index in [4.69, 9.17) is 0 Å². The number of carbonyl (C=O) groups is 1. The van der Waals surface area contributed by atoms with Crippen LogP contribution in [0.15, 0.2) is 18.2 Å². The van der Waals surface area contributed by atoms with Gasteiger partial charge in [0.15, 0.2) is 0 Å². The van der Waals surface area contributed by atoms with Crippen LogP contribution in [0.4, 0.5) is 4.39 Å². The summed E-state index contributed by atoms with van der Waals surface area (Å²) in [5.41, 5.74) is 1.73. The van der Waals surface area contributed by atoms with Crippen molar-refractivity contribution >= 4 is 26.8 Å². The number of carbonyl (C=O) groups excluding carboxylic acids is 1. The Kier molecular flexibility index (Phi) is 5.69. The van der Waals surface area contributed by atoms with Crippen molar-refractivity contribution < 1.29 is 17.6 Å². The maximum absolute atomic E-state index is 14.8. The largest absolute Gasteiger partial charge is 0.348 e. The molecule has 0 saturated heterocycles. The molecule has 8 heteroatoms. The van der Waals surface area contributed by atoms with Crippen LogP contribution in [-0.4, -0.2) is 37.7 Å². The minimum atomic E-state index is -3.28. The summed E-state index contributed by atoms with van der Waals surface area (Å²) >= 11 is 0. The minimum absolute atomic E-state index is 0.0253. The number of aromatic nitrogens is 1. The molecule has 4 rings (SSSR count). The lowest BCUT2D eigenvalue weighted by Crippen LogP contribution is -2.52. The molecule has 0 radical (unpaired) electrons. The van der Waals surface area contributed by atoms with Crippen LogP contribution in [0.1, 0.15) is 62.5 Å². The van der Waals surface area contributed by atoms with Crippen molar-refractivity contribution in [2.45, 2.75) is 66.0 Å². The summed E-state index contributed by atoms with van der Waals surface area (Å²) in [7, 11) is -3.28. The number of rotatable bonds is 7. The lowest BCUT2D eigenvalue weighted by molar-refractivity contribution is 0.0738. The van der Waals surface area contributed by atoms with Crippen molar-refractivity contribution in [3.63, 3.8) is 0 Å². The van der Waals surface area contributed by atoms with Crippen LogP contribution in [0, 0.1) is 29.5 Å². The Labute approximate surface area is 190 Å². The molecule has 2 N–H and O–H groups in total. The van der Waals surface area contributed by atoms with E-state index in [0.717, 1.165) is 19.1 Å². The molecular formula is C24H34FN3O3S. The van der Waals surface area contributed by atoms with Crippen molar-refractivity contribution in [3.8, 4) is 0 Å². The predicted molar refractivity (Wildman–Crippen MR) is 125 cm³/mol. The highest BCUT2D eigenvalue weighted by Gasteiger charge is 2.59. The highest BCUT2D eigenvalue weighted by molar-refractivity contribution is 7.88. The summed E-state index contributed by atoms with van der Waals surface area (Å²) in [6.45, 7) is 9.27. The second-order valence-electron chi connectivity index (χ2n) is 10.6. The number of fused-ring (bicyclic) bond motifs is 3. The van der Waals surface area contributed by atoms with Gasteiger partial charge >= 0.3 is 0 Å². The quantitative estimate of drug-likeness (QED) is 0.610. The normalized spacial score (nSPS) is 26.7. The Morgan fingerprint density at radius 1 is 1.28 bits per heavy atom. The molecule has 3 unspecified atom stereocenters. The van der Waals surface area contributed by atoms with Crippen molar-refractivity contribution in [3.05, 3.63) is 35.3 Å². The lowest BCUT2D eigenvalue weighted by atomic mass is 9.68. The van der Waals surface area contributed by atoms with E-state index in [2.05, 4.69) is 30.8 Å². The molecule has 0 spiro atoms. The van der Waals surface area contributed by atoms with E-state index in [1.165, 1.54) is 12.5 Å². The molecule has 2 aliphatic rings. The van der Waals surface area contributed by atoms with Crippen LogP contribution < -0.4 is 10.0 Å². The van der Waals surface area contributed by atoms with Gasteiger partial charge in [-0.05, 0) is 55.4 Å². The first-order valence-electron chi connectivity index (χ1n) is 11.4. The van der Waals surface area contributed by atoms with Gasteiger partial charge in [-0.25, -0.2) is 17.5 Å². The van der Waals surface area contributed by atoms with Gasteiger partial charge in [-0.3, -0.25) is 4.79 Å². The zero-order valence-electron chi connectivity index (χ0n) is 19.6. The fourth-order valence-corrected chi connectivity index (χ4v) is 6.93. The van der Waals surface area contributed by atoms with Gasteiger partial charge in [0, 0.05) is 30.2 Å². The van der Waals surface area contributed by atoms with Crippen LogP contribution in [0.3, 0.4) is 0 Å². The Balaban J connectivity index is 1.65. The zero-order chi connectivity index (χ0) is 23.5. The number of para-hydroxylation sites is 1. The molecule has 2 aliphatic carbocycles. The SMILES string of the molecule is Cc1c(C(=O)NC2C3(C)CCC(C3)C2(C)C)c2cccc(F)c2n1CCCNS(C)(=O)=O. The van der Waals surface area contributed by atoms with E-state index in [-0.39, 0.29) is 35.1 Å². The van der Waals surface area contributed by atoms with E-state index >= 15 is 0 Å². The average Bonchev–Trinajstić information content (AvgIpc) is 3.27. The predicted octanol–water partition coefficient (Wildman–Crippen LogP) is 3.97. The molecule has 1 aromatic heterocycles. The number of hydrogen-bond donors (Lipinski definition) is 2. The molecule has 2 saturated carbocycles. The van der Waals surface area contributed by atoms with Gasteiger partial charge in [0.05, 0.1) is 17.3 Å². The number of benzene rings is 1. The molecule has 32 heavy (non-hydrogen) atoms. The van der Waals surface area contributed by atoms with Crippen molar-refractivity contribution in [2.24, 2.45) is 16.7 Å². The van der Waals surface area contributed by atoms with Crippen molar-refractivity contribution in [1.82, 2.24) is 14.6 Å². The molecule has 1 aromatic carbocycles. The van der Waals surface area contributed by atoms with Gasteiger partial charge in [-0.15, -0.1) is 0 Å². The minimum Gasteiger partial charge on any atom is -0.348 e. The number of amides is 1. The highest BCUT2D eigenvalue weighted by atomic mass is 32.2. The summed E-state index contributed by atoms with van der Waals surface area (Å²) < 4.78 is 41.8. The molecule has 0 aliphatic heterocycles. The van der Waals surface area contributed by atoms with Crippen LogP contribution in [0.2, 0.25) is 0 Å². The third-order valence-corrected chi connectivity index (χ3v) is 8.72. The summed E-state index contributed by atoms with van der Waals surface area (Å²) in [5, 5.41) is 3.94. The van der Waals surface area contributed by atoms with E-state index in [9.17, 15) is 17.6 Å². The number of sulfonamides is 1. The molecule has 2 aromatic rings.